The number of carbonyl (C=O) groups excluding carboxylic acids is 1. The molecule has 198 valence electrons. The SMILES string of the molecule is Cc1ccc(NC(=O)CSc2nnc(-c3ccco3)n2Cc2ccccc2)cc1S(=O)(=O)N1CCCCC1. The number of anilines is 1. The van der Waals surface area contributed by atoms with E-state index in [2.05, 4.69) is 15.5 Å². The van der Waals surface area contributed by atoms with Crippen LogP contribution < -0.4 is 5.32 Å². The smallest absolute Gasteiger partial charge is 0.243 e. The van der Waals surface area contributed by atoms with Crippen molar-refractivity contribution >= 4 is 33.4 Å². The summed E-state index contributed by atoms with van der Waals surface area (Å²) >= 11 is 1.26. The number of benzene rings is 2. The second kappa shape index (κ2) is 11.5. The normalized spacial score (nSPS) is 14.4. The van der Waals surface area contributed by atoms with Crippen molar-refractivity contribution in [1.82, 2.24) is 19.1 Å². The molecule has 9 nitrogen and oxygen atoms in total. The molecule has 1 amide bonds. The van der Waals surface area contributed by atoms with E-state index in [9.17, 15) is 13.2 Å². The Labute approximate surface area is 226 Å². The van der Waals surface area contributed by atoms with Crippen LogP contribution in [0.2, 0.25) is 0 Å². The van der Waals surface area contributed by atoms with Gasteiger partial charge in [-0.3, -0.25) is 9.36 Å². The quantitative estimate of drug-likeness (QED) is 0.298. The first-order chi connectivity index (χ1) is 18.4. The summed E-state index contributed by atoms with van der Waals surface area (Å²) in [5, 5.41) is 12.0. The van der Waals surface area contributed by atoms with Crippen molar-refractivity contribution in [1.29, 1.82) is 0 Å². The molecule has 0 aliphatic carbocycles. The van der Waals surface area contributed by atoms with Crippen LogP contribution in [0, 0.1) is 6.92 Å². The lowest BCUT2D eigenvalue weighted by atomic mass is 10.2. The summed E-state index contributed by atoms with van der Waals surface area (Å²) in [7, 11) is -3.61. The number of amides is 1. The number of rotatable bonds is 9. The molecule has 0 spiro atoms. The number of furan rings is 1. The monoisotopic (exact) mass is 551 g/mol. The fourth-order valence-corrected chi connectivity index (χ4v) is 6.93. The van der Waals surface area contributed by atoms with E-state index in [4.69, 9.17) is 4.42 Å². The summed E-state index contributed by atoms with van der Waals surface area (Å²) in [5.41, 5.74) is 2.16. The molecule has 2 aromatic heterocycles. The summed E-state index contributed by atoms with van der Waals surface area (Å²) in [6.45, 7) is 3.34. The highest BCUT2D eigenvalue weighted by Crippen LogP contribution is 2.28. The van der Waals surface area contributed by atoms with E-state index in [1.165, 1.54) is 16.1 Å². The fraction of sp³-hybridized carbons (Fsp3) is 0.296. The Morgan fingerprint density at radius 3 is 2.55 bits per heavy atom. The zero-order valence-electron chi connectivity index (χ0n) is 21.0. The largest absolute Gasteiger partial charge is 0.461 e. The van der Waals surface area contributed by atoms with Crippen LogP contribution in [0.15, 0.2) is 81.4 Å². The number of hydrogen-bond acceptors (Lipinski definition) is 7. The van der Waals surface area contributed by atoms with Crippen molar-refractivity contribution in [2.45, 2.75) is 42.8 Å². The number of hydrogen-bond donors (Lipinski definition) is 1. The summed E-state index contributed by atoms with van der Waals surface area (Å²) in [6, 6.07) is 18.5. The number of sulfonamides is 1. The van der Waals surface area contributed by atoms with E-state index < -0.39 is 10.0 Å². The molecule has 5 rings (SSSR count). The average molecular weight is 552 g/mol. The van der Waals surface area contributed by atoms with Crippen molar-refractivity contribution in [2.75, 3.05) is 24.2 Å². The molecule has 3 heterocycles. The van der Waals surface area contributed by atoms with Gasteiger partial charge in [0.2, 0.25) is 21.8 Å². The van der Waals surface area contributed by atoms with Gasteiger partial charge in [-0.05, 0) is 55.2 Å². The number of carbonyl (C=O) groups is 1. The molecular formula is C27H29N5O4S2. The van der Waals surface area contributed by atoms with Crippen LogP contribution in [0.4, 0.5) is 5.69 Å². The van der Waals surface area contributed by atoms with Crippen LogP contribution in [0.1, 0.15) is 30.4 Å². The predicted octanol–water partition coefficient (Wildman–Crippen LogP) is 4.80. The predicted molar refractivity (Wildman–Crippen MR) is 146 cm³/mol. The Kier molecular flexibility index (Phi) is 7.96. The average Bonchev–Trinajstić information content (AvgIpc) is 3.60. The van der Waals surface area contributed by atoms with Gasteiger partial charge in [-0.2, -0.15) is 4.31 Å². The Balaban J connectivity index is 1.30. The van der Waals surface area contributed by atoms with Crippen molar-refractivity contribution in [2.24, 2.45) is 0 Å². The van der Waals surface area contributed by atoms with Gasteiger partial charge in [0.25, 0.3) is 0 Å². The number of nitrogens with one attached hydrogen (secondary N) is 1. The Morgan fingerprint density at radius 1 is 1.03 bits per heavy atom. The number of aryl methyl sites for hydroxylation is 1. The van der Waals surface area contributed by atoms with Crippen molar-refractivity contribution in [3.05, 3.63) is 78.1 Å². The maximum atomic E-state index is 13.2. The standard InChI is InChI=1S/C27H29N5O4S2/c1-20-12-13-22(17-24(20)38(34,35)31-14-6-3-7-15-31)28-25(33)19-37-27-30-29-26(23-11-8-16-36-23)32(27)18-21-9-4-2-5-10-21/h2,4-5,8-13,16-17H,3,6-7,14-15,18-19H2,1H3,(H,28,33). The molecule has 2 aromatic carbocycles. The number of thioether (sulfide) groups is 1. The molecule has 38 heavy (non-hydrogen) atoms. The molecule has 1 saturated heterocycles. The molecule has 11 heteroatoms. The summed E-state index contributed by atoms with van der Waals surface area (Å²) in [6.07, 6.45) is 4.35. The van der Waals surface area contributed by atoms with Crippen LogP contribution >= 0.6 is 11.8 Å². The van der Waals surface area contributed by atoms with Crippen molar-refractivity contribution < 1.29 is 17.6 Å². The van der Waals surface area contributed by atoms with Gasteiger partial charge in [-0.25, -0.2) is 8.42 Å². The molecular weight excluding hydrogens is 522 g/mol. The minimum Gasteiger partial charge on any atom is -0.461 e. The van der Waals surface area contributed by atoms with Gasteiger partial charge in [0, 0.05) is 18.8 Å². The van der Waals surface area contributed by atoms with E-state index in [0.29, 0.717) is 47.6 Å². The number of aromatic nitrogens is 3. The molecule has 0 atom stereocenters. The zero-order chi connectivity index (χ0) is 26.5. The summed E-state index contributed by atoms with van der Waals surface area (Å²) in [4.78, 5) is 13.1. The second-order valence-corrected chi connectivity index (χ2v) is 12.0. The maximum Gasteiger partial charge on any atom is 0.243 e. The fourth-order valence-electron chi connectivity index (χ4n) is 4.42. The molecule has 0 bridgehead atoms. The van der Waals surface area contributed by atoms with E-state index >= 15 is 0 Å². The van der Waals surface area contributed by atoms with Crippen molar-refractivity contribution in [3.63, 3.8) is 0 Å². The number of nitrogens with zero attached hydrogens (tertiary/aromatic N) is 4. The van der Waals surface area contributed by atoms with Crippen LogP contribution in [-0.4, -0.2) is 52.2 Å². The highest BCUT2D eigenvalue weighted by atomic mass is 32.2. The van der Waals surface area contributed by atoms with E-state index in [-0.39, 0.29) is 16.6 Å². The molecule has 1 aliphatic rings. The van der Waals surface area contributed by atoms with E-state index in [0.717, 1.165) is 24.8 Å². The molecule has 4 aromatic rings. The van der Waals surface area contributed by atoms with Gasteiger partial charge < -0.3 is 9.73 Å². The third-order valence-electron chi connectivity index (χ3n) is 6.38. The van der Waals surface area contributed by atoms with Gasteiger partial charge in [-0.1, -0.05) is 54.6 Å². The van der Waals surface area contributed by atoms with Crippen LogP contribution in [0.25, 0.3) is 11.6 Å². The lowest BCUT2D eigenvalue weighted by Crippen LogP contribution is -2.36. The molecule has 1 aliphatic heterocycles. The Morgan fingerprint density at radius 2 is 1.82 bits per heavy atom. The minimum atomic E-state index is -3.61. The first-order valence-corrected chi connectivity index (χ1v) is 14.9. The van der Waals surface area contributed by atoms with Gasteiger partial charge in [0.15, 0.2) is 10.9 Å². The van der Waals surface area contributed by atoms with Gasteiger partial charge in [0.1, 0.15) is 0 Å². The summed E-state index contributed by atoms with van der Waals surface area (Å²) < 4.78 is 35.5. The minimum absolute atomic E-state index is 0.0766. The molecule has 0 radical (unpaired) electrons. The molecule has 0 saturated carbocycles. The van der Waals surface area contributed by atoms with Crippen LogP contribution in [0.5, 0.6) is 0 Å². The van der Waals surface area contributed by atoms with Gasteiger partial charge in [-0.15, -0.1) is 10.2 Å². The van der Waals surface area contributed by atoms with E-state index in [1.807, 2.05) is 41.0 Å². The van der Waals surface area contributed by atoms with E-state index in [1.54, 1.807) is 37.5 Å². The van der Waals surface area contributed by atoms with Gasteiger partial charge >= 0.3 is 0 Å². The summed E-state index contributed by atoms with van der Waals surface area (Å²) in [5.74, 6) is 0.973. The number of piperidine rings is 1. The third-order valence-corrected chi connectivity index (χ3v) is 9.39. The maximum absolute atomic E-state index is 13.2. The van der Waals surface area contributed by atoms with Crippen molar-refractivity contribution in [3.8, 4) is 11.6 Å². The van der Waals surface area contributed by atoms with Crippen LogP contribution in [0.3, 0.4) is 0 Å². The Bertz CT molecular complexity index is 1500. The Hall–Kier alpha value is -3.41. The lowest BCUT2D eigenvalue weighted by molar-refractivity contribution is -0.113. The molecule has 1 fully saturated rings. The topological polar surface area (TPSA) is 110 Å². The highest BCUT2D eigenvalue weighted by Gasteiger charge is 2.27. The first kappa shape index (κ1) is 26.2. The lowest BCUT2D eigenvalue weighted by Gasteiger charge is -2.26. The van der Waals surface area contributed by atoms with Crippen LogP contribution in [-0.2, 0) is 21.4 Å². The zero-order valence-corrected chi connectivity index (χ0v) is 22.7. The first-order valence-electron chi connectivity index (χ1n) is 12.5. The van der Waals surface area contributed by atoms with Gasteiger partial charge in [0.05, 0.1) is 23.5 Å². The molecule has 1 N–H and O–H groups in total. The second-order valence-electron chi connectivity index (χ2n) is 9.14. The molecule has 0 unspecified atom stereocenters. The highest BCUT2D eigenvalue weighted by molar-refractivity contribution is 7.99. The third kappa shape index (κ3) is 5.85.